The number of carbonyl (C=O) groups is 1. The molecular weight excluding hydrogens is 419 g/mol. The highest BCUT2D eigenvalue weighted by molar-refractivity contribution is 5.97. The summed E-state index contributed by atoms with van der Waals surface area (Å²) in [7, 11) is 0. The molecule has 2 heterocycles. The van der Waals surface area contributed by atoms with Gasteiger partial charge < -0.3 is 4.74 Å². The zero-order chi connectivity index (χ0) is 22.5. The Balaban J connectivity index is 1.79. The van der Waals surface area contributed by atoms with E-state index in [1.165, 1.54) is 4.68 Å². The normalized spacial score (nSPS) is 14.2. The molecule has 1 saturated carbocycles. The molecule has 0 unspecified atom stereocenters. The highest BCUT2D eigenvalue weighted by atomic mass is 19.4. The summed E-state index contributed by atoms with van der Waals surface area (Å²) in [5.74, 6) is -0.613. The Kier molecular flexibility index (Phi) is 4.87. The van der Waals surface area contributed by atoms with Gasteiger partial charge in [-0.2, -0.15) is 18.3 Å². The van der Waals surface area contributed by atoms with Crippen LogP contribution in [0.3, 0.4) is 0 Å². The lowest BCUT2D eigenvalue weighted by molar-refractivity contribution is -0.144. The first-order valence-electron chi connectivity index (χ1n) is 10.5. The number of ether oxygens (including phenoxy) is 1. The van der Waals surface area contributed by atoms with Crippen molar-refractivity contribution in [2.45, 2.75) is 38.4 Å². The summed E-state index contributed by atoms with van der Waals surface area (Å²) < 4.78 is 48.9. The van der Waals surface area contributed by atoms with Crippen LogP contribution in [0.4, 0.5) is 13.2 Å². The Morgan fingerprint density at radius 2 is 1.91 bits per heavy atom. The topological polar surface area (TPSA) is 57.0 Å². The van der Waals surface area contributed by atoms with Crippen LogP contribution in [0.1, 0.15) is 36.9 Å². The van der Waals surface area contributed by atoms with E-state index < -0.39 is 17.7 Å². The standard InChI is InChI=1S/C24H20F3N3O2/c1-2-32-20(31)13-30-23-21(22(29-30)15-10-11-15)18(24(25,26)27)12-19(28-23)17-9-5-7-14-6-3-4-8-16(14)17/h3-9,12,15H,2,10-11,13H2,1H3. The molecule has 0 aliphatic heterocycles. The van der Waals surface area contributed by atoms with Crippen molar-refractivity contribution in [2.24, 2.45) is 0 Å². The van der Waals surface area contributed by atoms with Crippen molar-refractivity contribution >= 4 is 27.8 Å². The minimum atomic E-state index is -4.60. The summed E-state index contributed by atoms with van der Waals surface area (Å²) >= 11 is 0. The number of aromatic nitrogens is 3. The van der Waals surface area contributed by atoms with Gasteiger partial charge in [0, 0.05) is 11.5 Å². The number of nitrogens with zero attached hydrogens (tertiary/aromatic N) is 3. The van der Waals surface area contributed by atoms with Crippen molar-refractivity contribution in [1.82, 2.24) is 14.8 Å². The number of fused-ring (bicyclic) bond motifs is 2. The molecule has 1 aliphatic rings. The average Bonchev–Trinajstić information content (AvgIpc) is 3.55. The number of hydrogen-bond donors (Lipinski definition) is 0. The largest absolute Gasteiger partial charge is 0.465 e. The molecular formula is C24H20F3N3O2. The van der Waals surface area contributed by atoms with E-state index in [9.17, 15) is 18.0 Å². The third kappa shape index (κ3) is 3.59. The van der Waals surface area contributed by atoms with Crippen molar-refractivity contribution in [2.75, 3.05) is 6.61 Å². The smallest absolute Gasteiger partial charge is 0.417 e. The molecule has 2 aromatic carbocycles. The number of alkyl halides is 3. The summed E-state index contributed by atoms with van der Waals surface area (Å²) in [6.45, 7) is 1.56. The van der Waals surface area contributed by atoms with Crippen LogP contribution in [-0.2, 0) is 22.3 Å². The van der Waals surface area contributed by atoms with Crippen LogP contribution in [0.15, 0.2) is 48.5 Å². The lowest BCUT2D eigenvalue weighted by Gasteiger charge is -2.13. The van der Waals surface area contributed by atoms with Crippen LogP contribution in [0.25, 0.3) is 33.1 Å². The Bertz CT molecular complexity index is 1330. The maximum Gasteiger partial charge on any atom is 0.417 e. The molecule has 0 spiro atoms. The predicted octanol–water partition coefficient (Wildman–Crippen LogP) is 5.71. The maximum absolute atomic E-state index is 14.2. The average molecular weight is 439 g/mol. The van der Waals surface area contributed by atoms with E-state index in [0.29, 0.717) is 11.3 Å². The SMILES string of the molecule is CCOC(=O)Cn1nc(C2CC2)c2c(C(F)(F)F)cc(-c3cccc4ccccc34)nc21. The number of esters is 1. The zero-order valence-electron chi connectivity index (χ0n) is 17.3. The highest BCUT2D eigenvalue weighted by Gasteiger charge is 2.39. The number of hydrogen-bond acceptors (Lipinski definition) is 4. The molecule has 0 bridgehead atoms. The lowest BCUT2D eigenvalue weighted by Crippen LogP contribution is -2.15. The first kappa shape index (κ1) is 20.5. The van der Waals surface area contributed by atoms with E-state index in [1.807, 2.05) is 30.3 Å². The Hall–Kier alpha value is -3.42. The number of pyridine rings is 1. The molecule has 164 valence electrons. The third-order valence-electron chi connectivity index (χ3n) is 5.65. The van der Waals surface area contributed by atoms with Crippen molar-refractivity contribution < 1.29 is 22.7 Å². The first-order chi connectivity index (χ1) is 15.4. The monoisotopic (exact) mass is 439 g/mol. The van der Waals surface area contributed by atoms with Gasteiger partial charge in [-0.25, -0.2) is 9.67 Å². The molecule has 0 atom stereocenters. The van der Waals surface area contributed by atoms with Gasteiger partial charge in [0.15, 0.2) is 5.65 Å². The molecule has 0 saturated heterocycles. The number of benzene rings is 2. The Morgan fingerprint density at radius 3 is 2.62 bits per heavy atom. The van der Waals surface area contributed by atoms with Gasteiger partial charge in [0.05, 0.1) is 28.9 Å². The summed E-state index contributed by atoms with van der Waals surface area (Å²) in [6, 6.07) is 14.0. The predicted molar refractivity (Wildman–Crippen MR) is 114 cm³/mol. The van der Waals surface area contributed by atoms with Crippen LogP contribution in [0.2, 0.25) is 0 Å². The first-order valence-corrected chi connectivity index (χ1v) is 10.5. The van der Waals surface area contributed by atoms with Gasteiger partial charge in [0.25, 0.3) is 0 Å². The zero-order valence-corrected chi connectivity index (χ0v) is 17.3. The lowest BCUT2D eigenvalue weighted by atomic mass is 9.99. The molecule has 1 fully saturated rings. The number of rotatable bonds is 5. The maximum atomic E-state index is 14.2. The summed E-state index contributed by atoms with van der Waals surface area (Å²) in [4.78, 5) is 16.7. The Labute approximate surface area is 181 Å². The van der Waals surface area contributed by atoms with Gasteiger partial charge in [0.2, 0.25) is 0 Å². The molecule has 1 aliphatic carbocycles. The molecule has 2 aromatic heterocycles. The fourth-order valence-corrected chi connectivity index (χ4v) is 4.09. The van der Waals surface area contributed by atoms with Crippen molar-refractivity contribution in [1.29, 1.82) is 0 Å². The van der Waals surface area contributed by atoms with E-state index >= 15 is 0 Å². The van der Waals surface area contributed by atoms with Crippen molar-refractivity contribution in [3.8, 4) is 11.3 Å². The minimum absolute atomic E-state index is 0.0201. The van der Waals surface area contributed by atoms with E-state index in [2.05, 4.69) is 10.1 Å². The van der Waals surface area contributed by atoms with E-state index in [-0.39, 0.29) is 35.8 Å². The second kappa shape index (κ2) is 7.62. The van der Waals surface area contributed by atoms with Gasteiger partial charge in [-0.15, -0.1) is 0 Å². The van der Waals surface area contributed by atoms with Crippen LogP contribution in [0, 0.1) is 0 Å². The molecule has 5 nitrogen and oxygen atoms in total. The van der Waals surface area contributed by atoms with E-state index in [4.69, 9.17) is 4.74 Å². The van der Waals surface area contributed by atoms with Crippen LogP contribution in [0.5, 0.6) is 0 Å². The molecule has 4 aromatic rings. The summed E-state index contributed by atoms with van der Waals surface area (Å²) in [6.07, 6.45) is -3.05. The van der Waals surface area contributed by atoms with Gasteiger partial charge in [-0.3, -0.25) is 4.79 Å². The van der Waals surface area contributed by atoms with Gasteiger partial charge >= 0.3 is 12.1 Å². The van der Waals surface area contributed by atoms with Crippen LogP contribution in [-0.4, -0.2) is 27.3 Å². The van der Waals surface area contributed by atoms with E-state index in [1.54, 1.807) is 19.1 Å². The molecule has 32 heavy (non-hydrogen) atoms. The molecule has 8 heteroatoms. The fourth-order valence-electron chi connectivity index (χ4n) is 4.09. The Morgan fingerprint density at radius 1 is 1.16 bits per heavy atom. The molecule has 0 N–H and O–H groups in total. The third-order valence-corrected chi connectivity index (χ3v) is 5.65. The minimum Gasteiger partial charge on any atom is -0.465 e. The quantitative estimate of drug-likeness (QED) is 0.374. The molecule has 5 rings (SSSR count). The van der Waals surface area contributed by atoms with E-state index in [0.717, 1.165) is 29.7 Å². The van der Waals surface area contributed by atoms with Crippen LogP contribution < -0.4 is 0 Å². The second-order valence-corrected chi connectivity index (χ2v) is 7.90. The molecule has 0 amide bonds. The van der Waals surface area contributed by atoms with Gasteiger partial charge in [0.1, 0.15) is 6.54 Å². The highest BCUT2D eigenvalue weighted by Crippen LogP contribution is 2.46. The number of halogens is 3. The second-order valence-electron chi connectivity index (χ2n) is 7.90. The molecule has 0 radical (unpaired) electrons. The van der Waals surface area contributed by atoms with Crippen molar-refractivity contribution in [3.63, 3.8) is 0 Å². The summed E-state index contributed by atoms with van der Waals surface area (Å²) in [5.41, 5.74) is 0.412. The summed E-state index contributed by atoms with van der Waals surface area (Å²) in [5, 5.41) is 6.08. The number of carbonyl (C=O) groups excluding carboxylic acids is 1. The van der Waals surface area contributed by atoms with Gasteiger partial charge in [-0.1, -0.05) is 42.5 Å². The van der Waals surface area contributed by atoms with Gasteiger partial charge in [-0.05, 0) is 36.6 Å². The fraction of sp³-hybridized carbons (Fsp3) is 0.292. The van der Waals surface area contributed by atoms with Crippen molar-refractivity contribution in [3.05, 3.63) is 59.8 Å². The van der Waals surface area contributed by atoms with Crippen LogP contribution >= 0.6 is 0 Å².